The summed E-state index contributed by atoms with van der Waals surface area (Å²) in [6.07, 6.45) is 0. The van der Waals surface area contributed by atoms with Gasteiger partial charge in [-0.15, -0.1) is 0 Å². The van der Waals surface area contributed by atoms with Gasteiger partial charge in [0.15, 0.2) is 0 Å². The lowest BCUT2D eigenvalue weighted by Crippen LogP contribution is -1.99. The average Bonchev–Trinajstić information content (AvgIpc) is 1.88. The number of hydrogen-bond donors (Lipinski definition) is 1. The second-order valence-electron chi connectivity index (χ2n) is 1.80. The first-order valence-corrected chi connectivity index (χ1v) is 2.74. The average molecular weight is 142 g/mol. The number of hydrogen-bond acceptors (Lipinski definition) is 1. The Bertz CT molecular complexity index is 215. The van der Waals surface area contributed by atoms with Crippen LogP contribution < -0.4 is 5.73 Å². The van der Waals surface area contributed by atoms with E-state index in [-0.39, 0.29) is 5.56 Å². The van der Waals surface area contributed by atoms with Gasteiger partial charge in [0.05, 0.1) is 6.54 Å². The topological polar surface area (TPSA) is 26.0 Å². The van der Waals surface area contributed by atoms with E-state index in [9.17, 15) is 8.78 Å². The number of benzene rings is 1. The van der Waals surface area contributed by atoms with Crippen molar-refractivity contribution in [2.24, 2.45) is 5.73 Å². The van der Waals surface area contributed by atoms with Crippen LogP contribution in [0.15, 0.2) is 18.2 Å². The van der Waals surface area contributed by atoms with Crippen LogP contribution in [0.1, 0.15) is 5.56 Å². The summed E-state index contributed by atoms with van der Waals surface area (Å²) in [4.78, 5) is 0. The van der Waals surface area contributed by atoms with Crippen molar-refractivity contribution in [3.63, 3.8) is 0 Å². The van der Waals surface area contributed by atoms with Crippen molar-refractivity contribution in [2.45, 2.75) is 0 Å². The Hall–Kier alpha value is -0.960. The van der Waals surface area contributed by atoms with E-state index >= 15 is 0 Å². The molecule has 1 aromatic carbocycles. The third-order valence-corrected chi connectivity index (χ3v) is 1.17. The summed E-state index contributed by atoms with van der Waals surface area (Å²) in [6, 6.07) is 3.60. The molecule has 0 aliphatic rings. The summed E-state index contributed by atoms with van der Waals surface area (Å²) < 4.78 is 25.0. The van der Waals surface area contributed by atoms with Crippen LogP contribution in [0.2, 0.25) is 0 Å². The fraction of sp³-hybridized carbons (Fsp3) is 0. The van der Waals surface area contributed by atoms with Crippen molar-refractivity contribution in [1.82, 2.24) is 0 Å². The van der Waals surface area contributed by atoms with Crippen LogP contribution in [0, 0.1) is 18.2 Å². The Morgan fingerprint density at radius 3 is 2.00 bits per heavy atom. The molecule has 0 spiro atoms. The Morgan fingerprint density at radius 1 is 1.20 bits per heavy atom. The highest BCUT2D eigenvalue weighted by Crippen LogP contribution is 2.10. The number of nitrogens with two attached hydrogens (primary N) is 1. The maximum absolute atomic E-state index is 12.5. The van der Waals surface area contributed by atoms with E-state index in [0.29, 0.717) is 0 Å². The van der Waals surface area contributed by atoms with Gasteiger partial charge < -0.3 is 5.73 Å². The summed E-state index contributed by atoms with van der Waals surface area (Å²) in [5.41, 5.74) is 4.77. The zero-order valence-corrected chi connectivity index (χ0v) is 5.14. The lowest BCUT2D eigenvalue weighted by atomic mass is 10.2. The first kappa shape index (κ1) is 7.15. The van der Waals surface area contributed by atoms with Crippen molar-refractivity contribution in [1.29, 1.82) is 0 Å². The van der Waals surface area contributed by atoms with Gasteiger partial charge in [-0.05, 0) is 12.1 Å². The van der Waals surface area contributed by atoms with Crippen LogP contribution in [0.5, 0.6) is 0 Å². The summed E-state index contributed by atoms with van der Waals surface area (Å²) in [5, 5.41) is 0. The summed E-state index contributed by atoms with van der Waals surface area (Å²) in [7, 11) is 0. The van der Waals surface area contributed by atoms with E-state index in [2.05, 4.69) is 0 Å². The van der Waals surface area contributed by atoms with Gasteiger partial charge in [0, 0.05) is 5.56 Å². The van der Waals surface area contributed by atoms with Crippen molar-refractivity contribution in [3.8, 4) is 0 Å². The first-order valence-electron chi connectivity index (χ1n) is 2.74. The number of rotatable bonds is 1. The van der Waals surface area contributed by atoms with Gasteiger partial charge in [-0.1, -0.05) is 6.07 Å². The van der Waals surface area contributed by atoms with Crippen LogP contribution in [0.25, 0.3) is 0 Å². The molecule has 1 nitrogen and oxygen atoms in total. The molecule has 0 fully saturated rings. The van der Waals surface area contributed by atoms with Gasteiger partial charge in [0.2, 0.25) is 0 Å². The van der Waals surface area contributed by atoms with E-state index in [1.54, 1.807) is 0 Å². The van der Waals surface area contributed by atoms with Crippen LogP contribution >= 0.6 is 0 Å². The second kappa shape index (κ2) is 2.75. The normalized spacial score (nSPS) is 9.90. The van der Waals surface area contributed by atoms with Gasteiger partial charge in [-0.3, -0.25) is 0 Å². The summed E-state index contributed by atoms with van der Waals surface area (Å²) in [5.74, 6) is -1.27. The minimum absolute atomic E-state index is 0.178. The predicted molar refractivity (Wildman–Crippen MR) is 33.9 cm³/mol. The Morgan fingerprint density at radius 2 is 1.70 bits per heavy atom. The zero-order valence-electron chi connectivity index (χ0n) is 5.14. The Balaban J connectivity index is 3.17. The molecular weight excluding hydrogens is 136 g/mol. The highest BCUT2D eigenvalue weighted by atomic mass is 19.1. The van der Waals surface area contributed by atoms with Crippen LogP contribution in [-0.2, 0) is 0 Å². The van der Waals surface area contributed by atoms with E-state index < -0.39 is 11.6 Å². The van der Waals surface area contributed by atoms with Crippen molar-refractivity contribution < 1.29 is 8.78 Å². The van der Waals surface area contributed by atoms with E-state index in [1.807, 2.05) is 0 Å². The molecule has 2 N–H and O–H groups in total. The predicted octanol–water partition coefficient (Wildman–Crippen LogP) is 1.43. The molecule has 0 aromatic heterocycles. The zero-order chi connectivity index (χ0) is 7.56. The Labute approximate surface area is 57.5 Å². The third-order valence-electron chi connectivity index (χ3n) is 1.17. The van der Waals surface area contributed by atoms with Crippen molar-refractivity contribution in [3.05, 3.63) is 41.9 Å². The summed E-state index contributed by atoms with van der Waals surface area (Å²) in [6.45, 7) is 0.907. The van der Waals surface area contributed by atoms with Gasteiger partial charge >= 0.3 is 0 Å². The number of halogens is 2. The highest BCUT2D eigenvalue weighted by molar-refractivity contribution is 5.25. The molecule has 0 heterocycles. The quantitative estimate of drug-likeness (QED) is 0.630. The molecule has 0 amide bonds. The molecule has 3 heteroatoms. The highest BCUT2D eigenvalue weighted by Gasteiger charge is 2.04. The molecular formula is C7H6F2N. The molecule has 10 heavy (non-hydrogen) atoms. The standard InChI is InChI=1S/C7H6F2N/c8-6-2-1-3-7(9)5(6)4-10/h1-4H,10H2. The molecule has 0 aliphatic carbocycles. The Kier molecular flexibility index (Phi) is 1.97. The maximum Gasteiger partial charge on any atom is 0.130 e. The monoisotopic (exact) mass is 142 g/mol. The minimum atomic E-state index is -0.637. The van der Waals surface area contributed by atoms with Crippen LogP contribution in [0.4, 0.5) is 8.78 Å². The molecule has 0 bridgehead atoms. The molecule has 0 atom stereocenters. The van der Waals surface area contributed by atoms with E-state index in [4.69, 9.17) is 5.73 Å². The first-order chi connectivity index (χ1) is 4.75. The van der Waals surface area contributed by atoms with Gasteiger partial charge in [-0.2, -0.15) is 0 Å². The molecule has 1 rings (SSSR count). The fourth-order valence-electron chi connectivity index (χ4n) is 0.670. The van der Waals surface area contributed by atoms with E-state index in [0.717, 1.165) is 18.7 Å². The van der Waals surface area contributed by atoms with Crippen LogP contribution in [0.3, 0.4) is 0 Å². The SMILES string of the molecule is N[CH]c1c(F)cccc1F. The lowest BCUT2D eigenvalue weighted by molar-refractivity contribution is 0.570. The molecule has 0 saturated carbocycles. The van der Waals surface area contributed by atoms with Gasteiger partial charge in [0.25, 0.3) is 0 Å². The molecule has 1 aromatic rings. The molecule has 53 valence electrons. The van der Waals surface area contributed by atoms with Crippen molar-refractivity contribution in [2.75, 3.05) is 0 Å². The minimum Gasteiger partial charge on any atom is -0.322 e. The fourth-order valence-corrected chi connectivity index (χ4v) is 0.670. The molecule has 0 aliphatic heterocycles. The second-order valence-corrected chi connectivity index (χ2v) is 1.80. The summed E-state index contributed by atoms with van der Waals surface area (Å²) >= 11 is 0. The lowest BCUT2D eigenvalue weighted by Gasteiger charge is -1.98. The van der Waals surface area contributed by atoms with Crippen molar-refractivity contribution >= 4 is 0 Å². The molecule has 0 unspecified atom stereocenters. The molecule has 1 radical (unpaired) electrons. The maximum atomic E-state index is 12.5. The largest absolute Gasteiger partial charge is 0.322 e. The van der Waals surface area contributed by atoms with Crippen LogP contribution in [-0.4, -0.2) is 0 Å². The molecule has 0 saturated heterocycles. The van der Waals surface area contributed by atoms with E-state index in [1.165, 1.54) is 6.07 Å². The third kappa shape index (κ3) is 1.14. The van der Waals surface area contributed by atoms with Gasteiger partial charge in [-0.25, -0.2) is 8.78 Å². The van der Waals surface area contributed by atoms with Gasteiger partial charge in [0.1, 0.15) is 11.6 Å². The smallest absolute Gasteiger partial charge is 0.130 e.